The summed E-state index contributed by atoms with van der Waals surface area (Å²) in [5, 5.41) is 0.144. The predicted molar refractivity (Wildman–Crippen MR) is 109 cm³/mol. The van der Waals surface area contributed by atoms with Crippen LogP contribution < -0.4 is 10.6 Å². The van der Waals surface area contributed by atoms with Gasteiger partial charge in [0, 0.05) is 19.1 Å². The second-order valence-corrected chi connectivity index (χ2v) is 7.93. The Bertz CT molecular complexity index is 998. The number of benzene rings is 2. The minimum atomic E-state index is -0.399. The molecule has 1 aliphatic heterocycles. The highest BCUT2D eigenvalue weighted by Crippen LogP contribution is 2.29. The molecule has 1 aliphatic rings. The molecule has 1 saturated heterocycles. The van der Waals surface area contributed by atoms with Gasteiger partial charge >= 0.3 is 0 Å². The van der Waals surface area contributed by atoms with Crippen LogP contribution in [-0.2, 0) is 6.54 Å². The van der Waals surface area contributed by atoms with E-state index in [1.807, 2.05) is 0 Å². The van der Waals surface area contributed by atoms with E-state index in [9.17, 15) is 4.39 Å². The average Bonchev–Trinajstić information content (AvgIpc) is 2.96. The van der Waals surface area contributed by atoms with Crippen molar-refractivity contribution in [2.75, 3.05) is 18.0 Å². The number of aromatic nitrogens is 2. The van der Waals surface area contributed by atoms with E-state index in [-0.39, 0.29) is 11.1 Å². The number of hydrogen-bond acceptors (Lipinski definition) is 3. The highest BCUT2D eigenvalue weighted by atomic mass is 35.5. The van der Waals surface area contributed by atoms with E-state index >= 15 is 0 Å². The van der Waals surface area contributed by atoms with E-state index in [2.05, 4.69) is 35.4 Å². The van der Waals surface area contributed by atoms with Gasteiger partial charge in [0.1, 0.15) is 5.82 Å². The minimum absolute atomic E-state index is 0.144. The molecule has 2 aromatic carbocycles. The zero-order valence-corrected chi connectivity index (χ0v) is 16.4. The van der Waals surface area contributed by atoms with Gasteiger partial charge in [-0.05, 0) is 67.6 Å². The van der Waals surface area contributed by atoms with Crippen LogP contribution in [0.15, 0.2) is 30.3 Å². The van der Waals surface area contributed by atoms with Crippen molar-refractivity contribution in [1.82, 2.24) is 9.55 Å². The molecule has 6 heteroatoms. The molecule has 0 aliphatic carbocycles. The van der Waals surface area contributed by atoms with Gasteiger partial charge in [-0.25, -0.2) is 9.37 Å². The first kappa shape index (κ1) is 18.3. The van der Waals surface area contributed by atoms with E-state index in [0.717, 1.165) is 48.5 Å². The molecule has 1 unspecified atom stereocenters. The fraction of sp³-hybridized carbons (Fsp3) is 0.381. The standard InChI is InChI=1S/C21H24ClFN4/c1-13-8-19-20(9-14(13)2)27(11-15-5-6-18(23)17(22)10-15)21(25-19)26-7-3-4-16(24)12-26/h5-6,8-10,16H,3-4,7,11-12,24H2,1-2H3. The van der Waals surface area contributed by atoms with E-state index in [4.69, 9.17) is 22.3 Å². The molecule has 1 fully saturated rings. The SMILES string of the molecule is Cc1cc2nc(N3CCCC(N)C3)n(Cc3ccc(F)c(Cl)c3)c2cc1C. The summed E-state index contributed by atoms with van der Waals surface area (Å²) in [5.41, 5.74) is 11.6. The largest absolute Gasteiger partial charge is 0.341 e. The Labute approximate surface area is 163 Å². The van der Waals surface area contributed by atoms with Gasteiger partial charge in [-0.2, -0.15) is 0 Å². The van der Waals surface area contributed by atoms with E-state index in [1.165, 1.54) is 17.2 Å². The zero-order chi connectivity index (χ0) is 19.1. The molecule has 0 spiro atoms. The van der Waals surface area contributed by atoms with E-state index in [1.54, 1.807) is 12.1 Å². The number of imidazole rings is 1. The average molecular weight is 387 g/mol. The molecule has 3 aromatic rings. The number of fused-ring (bicyclic) bond motifs is 1. The number of nitrogens with two attached hydrogens (primary N) is 1. The number of piperidine rings is 1. The number of rotatable bonds is 3. The number of nitrogens with zero attached hydrogens (tertiary/aromatic N) is 3. The number of aryl methyl sites for hydroxylation is 2. The molecule has 1 aromatic heterocycles. The number of halogens is 2. The van der Waals surface area contributed by atoms with Crippen LogP contribution in [0.2, 0.25) is 5.02 Å². The van der Waals surface area contributed by atoms with Crippen molar-refractivity contribution in [1.29, 1.82) is 0 Å². The molecule has 2 heterocycles. The summed E-state index contributed by atoms with van der Waals surface area (Å²) < 4.78 is 15.8. The van der Waals surface area contributed by atoms with Crippen molar-refractivity contribution in [3.8, 4) is 0 Å². The molecule has 0 amide bonds. The summed E-state index contributed by atoms with van der Waals surface area (Å²) in [6.07, 6.45) is 2.10. The lowest BCUT2D eigenvalue weighted by Gasteiger charge is -2.32. The van der Waals surface area contributed by atoms with Crippen molar-refractivity contribution in [2.24, 2.45) is 5.73 Å². The summed E-state index contributed by atoms with van der Waals surface area (Å²) in [7, 11) is 0. The predicted octanol–water partition coefficient (Wildman–Crippen LogP) is 4.42. The van der Waals surface area contributed by atoms with E-state index < -0.39 is 5.82 Å². The Morgan fingerprint density at radius 2 is 2.00 bits per heavy atom. The highest BCUT2D eigenvalue weighted by molar-refractivity contribution is 6.30. The molecule has 27 heavy (non-hydrogen) atoms. The van der Waals surface area contributed by atoms with Crippen LogP contribution >= 0.6 is 11.6 Å². The van der Waals surface area contributed by atoms with Crippen molar-refractivity contribution in [3.05, 3.63) is 57.9 Å². The topological polar surface area (TPSA) is 47.1 Å². The summed E-state index contributed by atoms with van der Waals surface area (Å²) in [5.74, 6) is 0.523. The molecule has 0 saturated carbocycles. The molecule has 2 N–H and O–H groups in total. The number of hydrogen-bond donors (Lipinski definition) is 1. The maximum absolute atomic E-state index is 13.6. The highest BCUT2D eigenvalue weighted by Gasteiger charge is 2.23. The minimum Gasteiger partial charge on any atom is -0.341 e. The van der Waals surface area contributed by atoms with E-state index in [0.29, 0.717) is 6.54 Å². The van der Waals surface area contributed by atoms with Crippen molar-refractivity contribution >= 4 is 28.6 Å². The van der Waals surface area contributed by atoms with Gasteiger partial charge in [0.15, 0.2) is 0 Å². The molecule has 142 valence electrons. The molecular formula is C21H24ClFN4. The first-order valence-corrected chi connectivity index (χ1v) is 9.72. The third-order valence-corrected chi connectivity index (χ3v) is 5.70. The Kier molecular flexibility index (Phi) is 4.82. The van der Waals surface area contributed by atoms with Crippen LogP contribution in [0.1, 0.15) is 29.5 Å². The Hall–Kier alpha value is -2.11. The monoisotopic (exact) mass is 386 g/mol. The molecule has 4 rings (SSSR count). The van der Waals surface area contributed by atoms with Gasteiger partial charge in [0.25, 0.3) is 0 Å². The van der Waals surface area contributed by atoms with Crippen LogP contribution in [0.5, 0.6) is 0 Å². The summed E-state index contributed by atoms with van der Waals surface area (Å²) in [6, 6.07) is 9.36. The van der Waals surface area contributed by atoms with Crippen LogP contribution in [0.25, 0.3) is 11.0 Å². The van der Waals surface area contributed by atoms with Gasteiger partial charge in [-0.3, -0.25) is 0 Å². The normalized spacial score (nSPS) is 17.7. The third kappa shape index (κ3) is 3.54. The molecule has 1 atom stereocenters. The lowest BCUT2D eigenvalue weighted by molar-refractivity contribution is 0.495. The zero-order valence-electron chi connectivity index (χ0n) is 15.7. The van der Waals surface area contributed by atoms with Crippen molar-refractivity contribution < 1.29 is 4.39 Å². The van der Waals surface area contributed by atoms with Crippen molar-refractivity contribution in [3.63, 3.8) is 0 Å². The Balaban J connectivity index is 1.83. The fourth-order valence-corrected chi connectivity index (χ4v) is 3.98. The van der Waals surface area contributed by atoms with Gasteiger partial charge in [-0.1, -0.05) is 17.7 Å². The van der Waals surface area contributed by atoms with Crippen LogP contribution in [-0.4, -0.2) is 28.7 Å². The lowest BCUT2D eigenvalue weighted by atomic mass is 10.1. The lowest BCUT2D eigenvalue weighted by Crippen LogP contribution is -2.44. The smallest absolute Gasteiger partial charge is 0.206 e. The Morgan fingerprint density at radius 1 is 1.22 bits per heavy atom. The van der Waals surface area contributed by atoms with Crippen LogP contribution in [0.3, 0.4) is 0 Å². The Morgan fingerprint density at radius 3 is 2.74 bits per heavy atom. The second-order valence-electron chi connectivity index (χ2n) is 7.52. The molecular weight excluding hydrogens is 363 g/mol. The summed E-state index contributed by atoms with van der Waals surface area (Å²) in [4.78, 5) is 7.20. The summed E-state index contributed by atoms with van der Waals surface area (Å²) >= 11 is 6.00. The van der Waals surface area contributed by atoms with Crippen LogP contribution in [0, 0.1) is 19.7 Å². The maximum atomic E-state index is 13.6. The first-order chi connectivity index (χ1) is 12.9. The molecule has 4 nitrogen and oxygen atoms in total. The van der Waals surface area contributed by atoms with Gasteiger partial charge < -0.3 is 15.2 Å². The third-order valence-electron chi connectivity index (χ3n) is 5.41. The fourth-order valence-electron chi connectivity index (χ4n) is 3.78. The molecule has 0 radical (unpaired) electrons. The maximum Gasteiger partial charge on any atom is 0.206 e. The second kappa shape index (κ2) is 7.13. The van der Waals surface area contributed by atoms with Gasteiger partial charge in [-0.15, -0.1) is 0 Å². The molecule has 0 bridgehead atoms. The van der Waals surface area contributed by atoms with Crippen molar-refractivity contribution in [2.45, 2.75) is 39.3 Å². The van der Waals surface area contributed by atoms with Crippen LogP contribution in [0.4, 0.5) is 10.3 Å². The van der Waals surface area contributed by atoms with Gasteiger partial charge in [0.05, 0.1) is 22.6 Å². The number of anilines is 1. The van der Waals surface area contributed by atoms with Gasteiger partial charge in [0.2, 0.25) is 5.95 Å². The quantitative estimate of drug-likeness (QED) is 0.724. The first-order valence-electron chi connectivity index (χ1n) is 9.34. The summed E-state index contributed by atoms with van der Waals surface area (Å²) in [6.45, 7) is 6.53.